The summed E-state index contributed by atoms with van der Waals surface area (Å²) in [5, 5.41) is 12.7. The molecule has 1 aliphatic carbocycles. The van der Waals surface area contributed by atoms with Gasteiger partial charge in [0.1, 0.15) is 0 Å². The second kappa shape index (κ2) is 9.47. The third-order valence-electron chi connectivity index (χ3n) is 6.01. The number of hydrogen-bond acceptors (Lipinski definition) is 4. The quantitative estimate of drug-likeness (QED) is 0.567. The summed E-state index contributed by atoms with van der Waals surface area (Å²) < 4.78 is 1.98. The maximum absolute atomic E-state index is 13.3. The largest absolute Gasteiger partial charge is 0.348 e. The Kier molecular flexibility index (Phi) is 6.53. The molecule has 30 heavy (non-hydrogen) atoms. The van der Waals surface area contributed by atoms with Crippen molar-refractivity contribution in [2.75, 3.05) is 0 Å². The molecule has 0 atom stereocenters. The van der Waals surface area contributed by atoms with Crippen molar-refractivity contribution in [3.05, 3.63) is 77.6 Å². The van der Waals surface area contributed by atoms with E-state index >= 15 is 0 Å². The summed E-state index contributed by atoms with van der Waals surface area (Å²) in [6, 6.07) is 20.6. The van der Waals surface area contributed by atoms with Gasteiger partial charge in [-0.2, -0.15) is 0 Å². The van der Waals surface area contributed by atoms with Crippen LogP contribution in [0.3, 0.4) is 0 Å². The molecule has 5 nitrogen and oxygen atoms in total. The van der Waals surface area contributed by atoms with Gasteiger partial charge in [0, 0.05) is 12.8 Å². The van der Waals surface area contributed by atoms with E-state index < -0.39 is 5.41 Å². The van der Waals surface area contributed by atoms with E-state index in [1.807, 2.05) is 48.0 Å². The minimum Gasteiger partial charge on any atom is -0.348 e. The molecule has 1 saturated carbocycles. The third-order valence-corrected chi connectivity index (χ3v) is 7.10. The molecular formula is C24H28N4OS. The number of carbonyl (C=O) groups excluding carboxylic acids is 1. The van der Waals surface area contributed by atoms with Gasteiger partial charge in [-0.1, -0.05) is 91.7 Å². The molecule has 0 unspecified atom stereocenters. The fourth-order valence-electron chi connectivity index (χ4n) is 4.23. The summed E-state index contributed by atoms with van der Waals surface area (Å²) in [6.45, 7) is 0.392. The van der Waals surface area contributed by atoms with Crippen LogP contribution in [0.2, 0.25) is 0 Å². The minimum atomic E-state index is -0.428. The molecule has 1 fully saturated rings. The summed E-state index contributed by atoms with van der Waals surface area (Å²) in [5.74, 6) is 1.73. The Morgan fingerprint density at radius 1 is 1.00 bits per heavy atom. The first-order valence-electron chi connectivity index (χ1n) is 10.6. The fraction of sp³-hybridized carbons (Fsp3) is 0.375. The van der Waals surface area contributed by atoms with Crippen molar-refractivity contribution < 1.29 is 4.79 Å². The van der Waals surface area contributed by atoms with Crippen molar-refractivity contribution in [3.8, 4) is 0 Å². The van der Waals surface area contributed by atoms with E-state index in [0.29, 0.717) is 6.54 Å². The number of nitrogens with zero attached hydrogens (tertiary/aromatic N) is 3. The van der Waals surface area contributed by atoms with Crippen LogP contribution in [0.15, 0.2) is 65.8 Å². The first kappa shape index (κ1) is 20.7. The van der Waals surface area contributed by atoms with E-state index in [1.54, 1.807) is 11.8 Å². The predicted molar refractivity (Wildman–Crippen MR) is 120 cm³/mol. The Labute approximate surface area is 182 Å². The highest BCUT2D eigenvalue weighted by Gasteiger charge is 2.40. The highest BCUT2D eigenvalue weighted by atomic mass is 32.2. The van der Waals surface area contributed by atoms with Crippen molar-refractivity contribution in [2.45, 2.75) is 55.0 Å². The summed E-state index contributed by atoms with van der Waals surface area (Å²) in [6.07, 6.45) is 5.19. The molecule has 1 heterocycles. The SMILES string of the molecule is Cn1c(CNC(=O)C2(c3ccccc3)CCCCC2)nnc1SCc1ccccc1. The van der Waals surface area contributed by atoms with Crippen molar-refractivity contribution in [1.29, 1.82) is 0 Å². The lowest BCUT2D eigenvalue weighted by Gasteiger charge is -2.36. The summed E-state index contributed by atoms with van der Waals surface area (Å²) in [7, 11) is 1.96. The molecule has 3 aromatic rings. The van der Waals surface area contributed by atoms with Gasteiger partial charge in [-0.15, -0.1) is 10.2 Å². The van der Waals surface area contributed by atoms with Crippen LogP contribution in [-0.4, -0.2) is 20.7 Å². The zero-order valence-electron chi connectivity index (χ0n) is 17.4. The predicted octanol–water partition coefficient (Wildman–Crippen LogP) is 4.63. The number of thioether (sulfide) groups is 1. The topological polar surface area (TPSA) is 59.8 Å². The van der Waals surface area contributed by atoms with Crippen LogP contribution in [0.1, 0.15) is 49.1 Å². The fourth-order valence-corrected chi connectivity index (χ4v) is 5.12. The van der Waals surface area contributed by atoms with Crippen LogP contribution in [0.4, 0.5) is 0 Å². The number of hydrogen-bond donors (Lipinski definition) is 1. The molecule has 0 radical (unpaired) electrons. The Bertz CT molecular complexity index is 965. The second-order valence-electron chi connectivity index (χ2n) is 7.92. The average Bonchev–Trinajstić information content (AvgIpc) is 3.17. The monoisotopic (exact) mass is 420 g/mol. The molecule has 0 spiro atoms. The molecule has 2 aromatic carbocycles. The van der Waals surface area contributed by atoms with Gasteiger partial charge in [0.15, 0.2) is 11.0 Å². The lowest BCUT2D eigenvalue weighted by molar-refractivity contribution is -0.128. The van der Waals surface area contributed by atoms with E-state index in [0.717, 1.165) is 48.0 Å². The zero-order valence-corrected chi connectivity index (χ0v) is 18.2. The Balaban J connectivity index is 1.42. The number of carbonyl (C=O) groups is 1. The Morgan fingerprint density at radius 2 is 1.67 bits per heavy atom. The van der Waals surface area contributed by atoms with Gasteiger partial charge in [0.25, 0.3) is 0 Å². The summed E-state index contributed by atoms with van der Waals surface area (Å²) in [5.41, 5.74) is 1.95. The van der Waals surface area contributed by atoms with Crippen LogP contribution in [-0.2, 0) is 29.6 Å². The standard InChI is InChI=1S/C24H28N4OS/c1-28-21(26-27-23(28)30-18-19-11-5-2-6-12-19)17-25-22(29)24(15-9-4-10-16-24)20-13-7-3-8-14-20/h2-3,5-8,11-14H,4,9-10,15-18H2,1H3,(H,25,29). The normalized spacial score (nSPS) is 15.6. The number of nitrogens with one attached hydrogen (secondary N) is 1. The number of benzene rings is 2. The van der Waals surface area contributed by atoms with Crippen molar-refractivity contribution >= 4 is 17.7 Å². The van der Waals surface area contributed by atoms with E-state index in [1.165, 1.54) is 12.0 Å². The van der Waals surface area contributed by atoms with Crippen molar-refractivity contribution in [2.24, 2.45) is 7.05 Å². The molecule has 0 saturated heterocycles. The van der Waals surface area contributed by atoms with Gasteiger partial charge in [0.2, 0.25) is 5.91 Å². The van der Waals surface area contributed by atoms with Gasteiger partial charge < -0.3 is 9.88 Å². The van der Waals surface area contributed by atoms with E-state index in [-0.39, 0.29) is 5.91 Å². The van der Waals surface area contributed by atoms with Crippen LogP contribution in [0.25, 0.3) is 0 Å². The van der Waals surface area contributed by atoms with Crippen LogP contribution in [0, 0.1) is 0 Å². The molecule has 1 aliphatic rings. The molecule has 1 amide bonds. The molecule has 156 valence electrons. The lowest BCUT2D eigenvalue weighted by Crippen LogP contribution is -2.45. The van der Waals surface area contributed by atoms with E-state index in [9.17, 15) is 4.79 Å². The highest BCUT2D eigenvalue weighted by Crippen LogP contribution is 2.39. The molecule has 4 rings (SSSR count). The molecule has 1 aromatic heterocycles. The van der Waals surface area contributed by atoms with Crippen LogP contribution >= 0.6 is 11.8 Å². The van der Waals surface area contributed by atoms with E-state index in [2.05, 4.69) is 39.8 Å². The van der Waals surface area contributed by atoms with Gasteiger partial charge in [0.05, 0.1) is 12.0 Å². The molecule has 0 aliphatic heterocycles. The van der Waals surface area contributed by atoms with Gasteiger partial charge in [-0.3, -0.25) is 4.79 Å². The lowest BCUT2D eigenvalue weighted by atomic mass is 9.68. The molecule has 6 heteroatoms. The van der Waals surface area contributed by atoms with Gasteiger partial charge in [-0.25, -0.2) is 0 Å². The highest BCUT2D eigenvalue weighted by molar-refractivity contribution is 7.98. The minimum absolute atomic E-state index is 0.106. The maximum Gasteiger partial charge on any atom is 0.231 e. The van der Waals surface area contributed by atoms with Crippen molar-refractivity contribution in [1.82, 2.24) is 20.1 Å². The molecule has 1 N–H and O–H groups in total. The Morgan fingerprint density at radius 3 is 2.37 bits per heavy atom. The van der Waals surface area contributed by atoms with Gasteiger partial charge in [-0.05, 0) is 24.0 Å². The molecular weight excluding hydrogens is 392 g/mol. The maximum atomic E-state index is 13.3. The van der Waals surface area contributed by atoms with Gasteiger partial charge >= 0.3 is 0 Å². The summed E-state index contributed by atoms with van der Waals surface area (Å²) >= 11 is 1.66. The number of amides is 1. The van der Waals surface area contributed by atoms with Crippen molar-refractivity contribution in [3.63, 3.8) is 0 Å². The summed E-state index contributed by atoms with van der Waals surface area (Å²) in [4.78, 5) is 13.3. The third kappa shape index (κ3) is 4.43. The number of rotatable bonds is 7. The molecule has 0 bridgehead atoms. The van der Waals surface area contributed by atoms with E-state index in [4.69, 9.17) is 0 Å². The number of aromatic nitrogens is 3. The smallest absolute Gasteiger partial charge is 0.231 e. The zero-order chi connectivity index (χ0) is 20.8. The first-order chi connectivity index (χ1) is 14.7. The van der Waals surface area contributed by atoms with Crippen LogP contribution < -0.4 is 5.32 Å². The average molecular weight is 421 g/mol. The first-order valence-corrected chi connectivity index (χ1v) is 11.6. The van der Waals surface area contributed by atoms with Crippen LogP contribution in [0.5, 0.6) is 0 Å². The Hall–Kier alpha value is -2.60. The second-order valence-corrected chi connectivity index (χ2v) is 8.87.